The maximum absolute atomic E-state index is 4.33. The third-order valence-corrected chi connectivity index (χ3v) is 4.12. The van der Waals surface area contributed by atoms with E-state index in [1.165, 1.54) is 33.4 Å². The Bertz CT molecular complexity index is 675. The first-order valence-electron chi connectivity index (χ1n) is 6.44. The third-order valence-electron chi connectivity index (χ3n) is 3.82. The first kappa shape index (κ1) is 12.3. The van der Waals surface area contributed by atoms with E-state index < -0.39 is 0 Å². The molecule has 1 aliphatic rings. The molecule has 1 aliphatic carbocycles. The van der Waals surface area contributed by atoms with E-state index in [2.05, 4.69) is 56.5 Å². The molecule has 2 aromatic rings. The van der Waals surface area contributed by atoms with Crippen LogP contribution in [-0.2, 0) is 6.42 Å². The molecule has 0 N–H and O–H groups in total. The average Bonchev–Trinajstić information content (AvgIpc) is 2.76. The smallest absolute Gasteiger partial charge is 0.00404 e. The molecule has 0 fully saturated rings. The van der Waals surface area contributed by atoms with Gasteiger partial charge >= 0.3 is 0 Å². The molecule has 94 valence electrons. The Balaban J connectivity index is 2.02. The van der Waals surface area contributed by atoms with Crippen molar-refractivity contribution in [2.75, 3.05) is 0 Å². The van der Waals surface area contributed by atoms with Gasteiger partial charge in [0.25, 0.3) is 0 Å². The minimum Gasteiger partial charge on any atom is -0.143 e. The van der Waals surface area contributed by atoms with Gasteiger partial charge in [-0.1, -0.05) is 43.0 Å². The second-order valence-electron chi connectivity index (χ2n) is 4.95. The molecule has 1 heteroatoms. The molecule has 0 amide bonds. The summed E-state index contributed by atoms with van der Waals surface area (Å²) in [7, 11) is 0. The Morgan fingerprint density at radius 3 is 2.42 bits per heavy atom. The molecule has 0 bridgehead atoms. The van der Waals surface area contributed by atoms with Gasteiger partial charge in [-0.2, -0.15) is 0 Å². The summed E-state index contributed by atoms with van der Waals surface area (Å²) >= 11 is 4.33. The van der Waals surface area contributed by atoms with E-state index in [0.717, 1.165) is 11.3 Å². The van der Waals surface area contributed by atoms with Crippen LogP contribution < -0.4 is 0 Å². The number of hydrogen-bond acceptors (Lipinski definition) is 1. The highest BCUT2D eigenvalue weighted by Gasteiger charge is 2.16. The maximum Gasteiger partial charge on any atom is 0.00404 e. The quantitative estimate of drug-likeness (QED) is 0.712. The van der Waals surface area contributed by atoms with Crippen molar-refractivity contribution in [2.24, 2.45) is 0 Å². The zero-order chi connectivity index (χ0) is 13.4. The van der Waals surface area contributed by atoms with E-state index in [-0.39, 0.29) is 0 Å². The maximum atomic E-state index is 4.33. The van der Waals surface area contributed by atoms with Gasteiger partial charge < -0.3 is 0 Å². The van der Waals surface area contributed by atoms with Gasteiger partial charge in [-0.15, -0.1) is 12.6 Å². The Labute approximate surface area is 119 Å². The van der Waals surface area contributed by atoms with E-state index in [9.17, 15) is 0 Å². The fourth-order valence-electron chi connectivity index (χ4n) is 2.68. The summed E-state index contributed by atoms with van der Waals surface area (Å²) in [5, 5.41) is 0. The molecule has 0 saturated carbocycles. The molecule has 0 radical (unpaired) electrons. The lowest BCUT2D eigenvalue weighted by molar-refractivity contribution is 1.25. The van der Waals surface area contributed by atoms with E-state index in [1.54, 1.807) is 0 Å². The van der Waals surface area contributed by atoms with Crippen LogP contribution in [0.4, 0.5) is 0 Å². The highest BCUT2D eigenvalue weighted by atomic mass is 32.1. The van der Waals surface area contributed by atoms with Gasteiger partial charge in [0.15, 0.2) is 0 Å². The lowest BCUT2D eigenvalue weighted by Crippen LogP contribution is -1.86. The predicted octanol–water partition coefficient (Wildman–Crippen LogP) is 5.16. The van der Waals surface area contributed by atoms with Gasteiger partial charge in [-0.05, 0) is 58.9 Å². The minimum atomic E-state index is 0.997. The number of thiol groups is 1. The van der Waals surface area contributed by atoms with Crippen LogP contribution in [-0.4, -0.2) is 0 Å². The Kier molecular flexibility index (Phi) is 3.08. The van der Waals surface area contributed by atoms with Crippen molar-refractivity contribution >= 4 is 18.2 Å². The molecule has 0 heterocycles. The Morgan fingerprint density at radius 2 is 1.74 bits per heavy atom. The number of rotatable bonds is 2. The summed E-state index contributed by atoms with van der Waals surface area (Å²) in [5.74, 6) is 0. The number of fused-ring (bicyclic) bond motifs is 1. The molecule has 0 nitrogen and oxygen atoms in total. The largest absolute Gasteiger partial charge is 0.143 e. The molecule has 0 spiro atoms. The van der Waals surface area contributed by atoms with E-state index in [4.69, 9.17) is 0 Å². The van der Waals surface area contributed by atoms with Crippen LogP contribution in [0.25, 0.3) is 16.7 Å². The van der Waals surface area contributed by atoms with E-state index >= 15 is 0 Å². The number of benzene rings is 2. The lowest BCUT2D eigenvalue weighted by Gasteiger charge is -2.06. The zero-order valence-corrected chi connectivity index (χ0v) is 11.9. The second kappa shape index (κ2) is 4.75. The van der Waals surface area contributed by atoms with Crippen LogP contribution in [0.1, 0.15) is 18.1 Å². The third kappa shape index (κ3) is 2.15. The molecule has 0 saturated heterocycles. The van der Waals surface area contributed by atoms with Crippen LogP contribution in [0.15, 0.2) is 65.6 Å². The van der Waals surface area contributed by atoms with Crippen molar-refractivity contribution in [1.29, 1.82) is 0 Å². The van der Waals surface area contributed by atoms with Crippen LogP contribution in [0.3, 0.4) is 0 Å². The summed E-state index contributed by atoms with van der Waals surface area (Å²) in [4.78, 5) is 0.997. The van der Waals surface area contributed by atoms with Crippen LogP contribution >= 0.6 is 12.6 Å². The predicted molar refractivity (Wildman–Crippen MR) is 85.6 cm³/mol. The van der Waals surface area contributed by atoms with Crippen molar-refractivity contribution in [3.8, 4) is 11.1 Å². The van der Waals surface area contributed by atoms with Gasteiger partial charge in [0.2, 0.25) is 0 Å². The summed E-state index contributed by atoms with van der Waals surface area (Å²) in [5.41, 5.74) is 7.99. The van der Waals surface area contributed by atoms with Crippen molar-refractivity contribution in [1.82, 2.24) is 0 Å². The summed E-state index contributed by atoms with van der Waals surface area (Å²) < 4.78 is 0. The van der Waals surface area contributed by atoms with E-state index in [1.807, 2.05) is 18.2 Å². The van der Waals surface area contributed by atoms with Gasteiger partial charge in [0.1, 0.15) is 0 Å². The first-order valence-corrected chi connectivity index (χ1v) is 6.88. The summed E-state index contributed by atoms with van der Waals surface area (Å²) in [6.07, 6.45) is 2.98. The van der Waals surface area contributed by atoms with Crippen molar-refractivity contribution in [3.05, 3.63) is 71.8 Å². The summed E-state index contributed by atoms with van der Waals surface area (Å²) in [6.45, 7) is 6.08. The summed E-state index contributed by atoms with van der Waals surface area (Å²) in [6, 6.07) is 15.0. The van der Waals surface area contributed by atoms with Gasteiger partial charge in [0.05, 0.1) is 0 Å². The van der Waals surface area contributed by atoms with Gasteiger partial charge in [0, 0.05) is 4.90 Å². The fraction of sp³-hybridized carbons (Fsp3) is 0.111. The Morgan fingerprint density at radius 1 is 1.05 bits per heavy atom. The molecule has 3 rings (SSSR count). The molecule has 0 aliphatic heterocycles. The molecule has 19 heavy (non-hydrogen) atoms. The van der Waals surface area contributed by atoms with Crippen LogP contribution in [0.2, 0.25) is 0 Å². The normalized spacial score (nSPS) is 13.6. The zero-order valence-electron chi connectivity index (χ0n) is 11.0. The molecule has 2 aromatic carbocycles. The first-order chi connectivity index (χ1) is 9.19. The second-order valence-corrected chi connectivity index (χ2v) is 5.47. The van der Waals surface area contributed by atoms with Gasteiger partial charge in [-0.3, -0.25) is 0 Å². The fourth-order valence-corrected chi connectivity index (χ4v) is 2.82. The van der Waals surface area contributed by atoms with E-state index in [0.29, 0.717) is 0 Å². The molecule has 0 atom stereocenters. The SMILES string of the molecule is C=CC1=C(C)c2ccc(-c3ccc(S)cc3)cc2C1. The average molecular weight is 264 g/mol. The van der Waals surface area contributed by atoms with Crippen molar-refractivity contribution in [2.45, 2.75) is 18.2 Å². The van der Waals surface area contributed by atoms with Crippen LogP contribution in [0.5, 0.6) is 0 Å². The van der Waals surface area contributed by atoms with Crippen molar-refractivity contribution in [3.63, 3.8) is 0 Å². The highest BCUT2D eigenvalue weighted by Crippen LogP contribution is 2.35. The topological polar surface area (TPSA) is 0 Å². The highest BCUT2D eigenvalue weighted by molar-refractivity contribution is 7.80. The number of hydrogen-bond donors (Lipinski definition) is 1. The Hall–Kier alpha value is -1.73. The monoisotopic (exact) mass is 264 g/mol. The van der Waals surface area contributed by atoms with Crippen LogP contribution in [0, 0.1) is 0 Å². The standard InChI is InChI=1S/C18H16S/c1-3-13-10-16-11-15(6-9-18(16)12(13)2)14-4-7-17(19)8-5-14/h3-9,11,19H,1,10H2,2H3. The van der Waals surface area contributed by atoms with Crippen molar-refractivity contribution < 1.29 is 0 Å². The minimum absolute atomic E-state index is 0.997. The number of allylic oxidation sites excluding steroid dienone is 3. The molecule has 0 unspecified atom stereocenters. The molecular formula is C18H16S. The van der Waals surface area contributed by atoms with Gasteiger partial charge in [-0.25, -0.2) is 0 Å². The molecular weight excluding hydrogens is 248 g/mol. The molecule has 0 aromatic heterocycles. The lowest BCUT2D eigenvalue weighted by atomic mass is 9.99.